The Kier molecular flexibility index (Phi) is 6.49. The first-order valence-electron chi connectivity index (χ1n) is 4.40. The summed E-state index contributed by atoms with van der Waals surface area (Å²) >= 11 is 0. The highest BCUT2D eigenvalue weighted by Crippen LogP contribution is 2.14. The summed E-state index contributed by atoms with van der Waals surface area (Å²) in [6.07, 6.45) is 8.69. The Labute approximate surface area is 87.3 Å². The van der Waals surface area contributed by atoms with Crippen LogP contribution in [-0.2, 0) is 4.74 Å². The number of primary amides is 1. The Morgan fingerprint density at radius 2 is 2.08 bits per heavy atom. The van der Waals surface area contributed by atoms with E-state index in [4.69, 9.17) is 10.5 Å². The van der Waals surface area contributed by atoms with Crippen LogP contribution < -0.4 is 5.73 Å². The maximum atomic E-state index is 10.4. The second-order valence-electron chi connectivity index (χ2n) is 3.04. The molecule has 0 aliphatic heterocycles. The molecule has 0 aromatic rings. The number of nitrogens with two attached hydrogens (primary N) is 1. The average molecular weight is 205 g/mol. The fourth-order valence-electron chi connectivity index (χ4n) is 1.41. The summed E-state index contributed by atoms with van der Waals surface area (Å²) in [7, 11) is 0. The zero-order valence-electron chi connectivity index (χ0n) is 7.66. The van der Waals surface area contributed by atoms with E-state index in [9.17, 15) is 4.79 Å². The van der Waals surface area contributed by atoms with Gasteiger partial charge in [0.2, 0.25) is 0 Å². The first kappa shape index (κ1) is 12.4. The first-order valence-corrected chi connectivity index (χ1v) is 4.40. The lowest BCUT2D eigenvalue weighted by atomic mass is 10.0. The van der Waals surface area contributed by atoms with Gasteiger partial charge in [-0.25, -0.2) is 4.79 Å². The molecule has 0 heterocycles. The quantitative estimate of drug-likeness (QED) is 0.668. The second-order valence-corrected chi connectivity index (χ2v) is 3.04. The van der Waals surface area contributed by atoms with Gasteiger partial charge in [0, 0.05) is 1.43 Å². The van der Waals surface area contributed by atoms with Gasteiger partial charge in [-0.3, -0.25) is 0 Å². The van der Waals surface area contributed by atoms with Gasteiger partial charge in [0.25, 0.3) is 0 Å². The Morgan fingerprint density at radius 1 is 1.38 bits per heavy atom. The summed E-state index contributed by atoms with van der Waals surface area (Å²) in [6, 6.07) is 0. The Hall–Kier alpha value is -0.640. The first-order chi connectivity index (χ1) is 5.79. The molecule has 1 atom stereocenters. The number of hydrogen-bond donors (Lipinski definition) is 1. The molecule has 78 valence electrons. The van der Waals surface area contributed by atoms with Crippen LogP contribution in [0.15, 0.2) is 12.2 Å². The van der Waals surface area contributed by atoms with Crippen molar-refractivity contribution in [1.82, 2.24) is 0 Å². The molecule has 0 fully saturated rings. The van der Waals surface area contributed by atoms with Gasteiger partial charge >= 0.3 is 6.09 Å². The van der Waals surface area contributed by atoms with E-state index in [1.54, 1.807) is 0 Å². The molecule has 0 aromatic heterocycles. The SMILES string of the molecule is NC(=O)OC1CC/C=C/CCC1.S.[HH]. The average Bonchev–Trinajstić information content (AvgIpc) is 1.93. The highest BCUT2D eigenvalue weighted by atomic mass is 32.1. The van der Waals surface area contributed by atoms with E-state index in [0.29, 0.717) is 0 Å². The molecule has 1 rings (SSSR count). The van der Waals surface area contributed by atoms with E-state index in [-0.39, 0.29) is 21.0 Å². The van der Waals surface area contributed by atoms with Crippen LogP contribution in [0, 0.1) is 0 Å². The molecule has 1 amide bonds. The molecule has 0 bridgehead atoms. The molecule has 1 unspecified atom stereocenters. The van der Waals surface area contributed by atoms with Crippen molar-refractivity contribution in [3.8, 4) is 0 Å². The molecule has 0 aromatic carbocycles. The maximum absolute atomic E-state index is 10.4. The lowest BCUT2D eigenvalue weighted by Gasteiger charge is -2.16. The van der Waals surface area contributed by atoms with Crippen LogP contribution in [0.5, 0.6) is 0 Å². The van der Waals surface area contributed by atoms with Crippen molar-refractivity contribution in [2.24, 2.45) is 5.73 Å². The molecule has 1 aliphatic rings. The number of carbonyl (C=O) groups excluding carboxylic acids is 1. The number of allylic oxidation sites excluding steroid dienone is 2. The van der Waals surface area contributed by atoms with E-state index < -0.39 is 6.09 Å². The zero-order chi connectivity index (χ0) is 8.81. The van der Waals surface area contributed by atoms with Gasteiger partial charge in [0.1, 0.15) is 6.10 Å². The van der Waals surface area contributed by atoms with Gasteiger partial charge in [0.05, 0.1) is 0 Å². The largest absolute Gasteiger partial charge is 0.446 e. The summed E-state index contributed by atoms with van der Waals surface area (Å²) in [4.78, 5) is 10.4. The molecule has 0 saturated heterocycles. The van der Waals surface area contributed by atoms with Crippen molar-refractivity contribution in [3.63, 3.8) is 0 Å². The molecule has 0 saturated carbocycles. The van der Waals surface area contributed by atoms with Gasteiger partial charge in [-0.2, -0.15) is 13.5 Å². The predicted octanol–water partition coefficient (Wildman–Crippen LogP) is 2.33. The summed E-state index contributed by atoms with van der Waals surface area (Å²) in [6.45, 7) is 0. The number of ether oxygens (including phenoxy) is 1. The molecule has 0 spiro atoms. The van der Waals surface area contributed by atoms with Crippen molar-refractivity contribution in [3.05, 3.63) is 12.2 Å². The van der Waals surface area contributed by atoms with Crippen molar-refractivity contribution in [2.45, 2.75) is 38.2 Å². The highest BCUT2D eigenvalue weighted by molar-refractivity contribution is 7.59. The van der Waals surface area contributed by atoms with Crippen molar-refractivity contribution < 1.29 is 11.0 Å². The molecule has 4 heteroatoms. The monoisotopic (exact) mass is 205 g/mol. The Morgan fingerprint density at radius 3 is 2.77 bits per heavy atom. The van der Waals surface area contributed by atoms with Gasteiger partial charge < -0.3 is 10.5 Å². The van der Waals surface area contributed by atoms with E-state index in [0.717, 1.165) is 32.1 Å². The normalized spacial score (nSPS) is 24.8. The van der Waals surface area contributed by atoms with Crippen LogP contribution in [0.4, 0.5) is 4.79 Å². The van der Waals surface area contributed by atoms with Crippen LogP contribution in [0.3, 0.4) is 0 Å². The fourth-order valence-corrected chi connectivity index (χ4v) is 1.41. The van der Waals surface area contributed by atoms with Crippen LogP contribution >= 0.6 is 13.5 Å². The molecule has 3 nitrogen and oxygen atoms in total. The van der Waals surface area contributed by atoms with Gasteiger partial charge in [-0.1, -0.05) is 12.2 Å². The third kappa shape index (κ3) is 5.58. The molecular weight excluding hydrogens is 186 g/mol. The zero-order valence-corrected chi connectivity index (χ0v) is 8.66. The van der Waals surface area contributed by atoms with Crippen molar-refractivity contribution in [1.29, 1.82) is 0 Å². The summed E-state index contributed by atoms with van der Waals surface area (Å²) in [5.74, 6) is 0. The third-order valence-corrected chi connectivity index (χ3v) is 2.00. The van der Waals surface area contributed by atoms with Crippen molar-refractivity contribution in [2.75, 3.05) is 0 Å². The molecule has 1 aliphatic carbocycles. The van der Waals surface area contributed by atoms with E-state index in [1.165, 1.54) is 0 Å². The Bertz CT molecular complexity index is 188. The van der Waals surface area contributed by atoms with E-state index >= 15 is 0 Å². The number of amides is 1. The lowest BCUT2D eigenvalue weighted by molar-refractivity contribution is 0.0946. The summed E-state index contributed by atoms with van der Waals surface area (Å²) < 4.78 is 4.93. The minimum atomic E-state index is -0.649. The lowest BCUT2D eigenvalue weighted by Crippen LogP contribution is -2.22. The van der Waals surface area contributed by atoms with Crippen LogP contribution in [0.1, 0.15) is 33.5 Å². The highest BCUT2D eigenvalue weighted by Gasteiger charge is 2.11. The standard InChI is InChI=1S/C9H15NO2.H2S.H2/c10-9(11)12-8-6-4-2-1-3-5-7-8;;/h1-2,8H,3-7H2,(H2,10,11);1H2;1H/b2-1+;;. The van der Waals surface area contributed by atoms with Crippen LogP contribution in [0.2, 0.25) is 0 Å². The van der Waals surface area contributed by atoms with Crippen LogP contribution in [0.25, 0.3) is 0 Å². The number of carbonyl (C=O) groups is 1. The molecular formula is C9H19NO2S. The molecule has 2 N–H and O–H groups in total. The van der Waals surface area contributed by atoms with Gasteiger partial charge in [-0.05, 0) is 32.1 Å². The number of rotatable bonds is 1. The Balaban J connectivity index is 0. The van der Waals surface area contributed by atoms with Gasteiger partial charge in [0.15, 0.2) is 0 Å². The number of hydrogen-bond acceptors (Lipinski definition) is 2. The molecule has 13 heavy (non-hydrogen) atoms. The maximum Gasteiger partial charge on any atom is 0.404 e. The predicted molar refractivity (Wildman–Crippen MR) is 59.2 cm³/mol. The minimum absolute atomic E-state index is 0. The summed E-state index contributed by atoms with van der Waals surface area (Å²) in [5.41, 5.74) is 4.93. The van der Waals surface area contributed by atoms with Gasteiger partial charge in [-0.15, -0.1) is 0 Å². The van der Waals surface area contributed by atoms with Crippen LogP contribution in [-0.4, -0.2) is 12.2 Å². The topological polar surface area (TPSA) is 52.3 Å². The third-order valence-electron chi connectivity index (χ3n) is 2.00. The van der Waals surface area contributed by atoms with E-state index in [1.807, 2.05) is 0 Å². The van der Waals surface area contributed by atoms with E-state index in [2.05, 4.69) is 12.2 Å². The summed E-state index contributed by atoms with van der Waals surface area (Å²) in [5, 5.41) is 0. The smallest absolute Gasteiger partial charge is 0.404 e. The van der Waals surface area contributed by atoms with Crippen molar-refractivity contribution >= 4 is 19.6 Å². The fraction of sp³-hybridized carbons (Fsp3) is 0.667. The molecule has 0 radical (unpaired) electrons. The second kappa shape index (κ2) is 6.83. The minimum Gasteiger partial charge on any atom is -0.446 e.